The van der Waals surface area contributed by atoms with Crippen LogP contribution in [-0.4, -0.2) is 34.1 Å². The first kappa shape index (κ1) is 12.8. The number of rotatable bonds is 3. The van der Waals surface area contributed by atoms with Crippen molar-refractivity contribution in [1.82, 2.24) is 14.5 Å². The van der Waals surface area contributed by atoms with Crippen LogP contribution in [0.5, 0.6) is 0 Å². The molecule has 0 bridgehead atoms. The molecule has 0 saturated carbocycles. The standard InChI is InChI=1S/C14H18FN3S/c1-2-17-7-6-10(8-17)9-18-12-5-3-4-11(15)13(12)16-14(18)19/h3-5,10H,2,6-9H2,1H3,(H,16,19). The second-order valence-corrected chi connectivity index (χ2v) is 5.61. The molecule has 1 aliphatic heterocycles. The van der Waals surface area contributed by atoms with Crippen molar-refractivity contribution in [3.8, 4) is 0 Å². The number of hydrogen-bond donors (Lipinski definition) is 1. The van der Waals surface area contributed by atoms with E-state index in [-0.39, 0.29) is 5.82 Å². The summed E-state index contributed by atoms with van der Waals surface area (Å²) in [6, 6.07) is 5.13. The molecule has 1 aromatic heterocycles. The van der Waals surface area contributed by atoms with Crippen LogP contribution in [0.25, 0.3) is 11.0 Å². The van der Waals surface area contributed by atoms with Crippen molar-refractivity contribution in [3.05, 3.63) is 28.8 Å². The molecule has 1 fully saturated rings. The van der Waals surface area contributed by atoms with Gasteiger partial charge in [-0.2, -0.15) is 0 Å². The number of para-hydroxylation sites is 1. The molecule has 1 unspecified atom stereocenters. The average Bonchev–Trinajstić information content (AvgIpc) is 2.97. The Morgan fingerprint density at radius 3 is 3.05 bits per heavy atom. The van der Waals surface area contributed by atoms with E-state index in [0.717, 1.165) is 31.7 Å². The van der Waals surface area contributed by atoms with Crippen LogP contribution in [0.3, 0.4) is 0 Å². The maximum absolute atomic E-state index is 13.7. The average molecular weight is 279 g/mol. The van der Waals surface area contributed by atoms with E-state index >= 15 is 0 Å². The second-order valence-electron chi connectivity index (χ2n) is 5.22. The topological polar surface area (TPSA) is 24.0 Å². The largest absolute Gasteiger partial charge is 0.328 e. The third-order valence-electron chi connectivity index (χ3n) is 4.02. The molecule has 1 aromatic carbocycles. The molecular formula is C14H18FN3S. The molecule has 102 valence electrons. The van der Waals surface area contributed by atoms with E-state index in [2.05, 4.69) is 16.8 Å². The molecule has 0 radical (unpaired) electrons. The van der Waals surface area contributed by atoms with Crippen molar-refractivity contribution in [2.75, 3.05) is 19.6 Å². The second kappa shape index (κ2) is 5.06. The minimum Gasteiger partial charge on any atom is -0.328 e. The maximum Gasteiger partial charge on any atom is 0.178 e. The third-order valence-corrected chi connectivity index (χ3v) is 4.34. The fourth-order valence-corrected chi connectivity index (χ4v) is 3.21. The van der Waals surface area contributed by atoms with Crippen molar-refractivity contribution < 1.29 is 4.39 Å². The molecule has 5 heteroatoms. The molecule has 1 aliphatic rings. The zero-order valence-corrected chi connectivity index (χ0v) is 11.8. The minimum atomic E-state index is -0.232. The van der Waals surface area contributed by atoms with Gasteiger partial charge in [-0.15, -0.1) is 0 Å². The van der Waals surface area contributed by atoms with Gasteiger partial charge in [0.1, 0.15) is 11.3 Å². The van der Waals surface area contributed by atoms with Gasteiger partial charge < -0.3 is 14.5 Å². The van der Waals surface area contributed by atoms with Crippen molar-refractivity contribution in [2.45, 2.75) is 19.9 Å². The fraction of sp³-hybridized carbons (Fsp3) is 0.500. The van der Waals surface area contributed by atoms with Crippen LogP contribution in [0.4, 0.5) is 4.39 Å². The Kier molecular flexibility index (Phi) is 3.41. The number of nitrogens with one attached hydrogen (secondary N) is 1. The normalized spacial score (nSPS) is 20.4. The van der Waals surface area contributed by atoms with Crippen LogP contribution in [-0.2, 0) is 6.54 Å². The smallest absolute Gasteiger partial charge is 0.178 e. The summed E-state index contributed by atoms with van der Waals surface area (Å²) < 4.78 is 16.4. The Morgan fingerprint density at radius 2 is 2.32 bits per heavy atom. The molecular weight excluding hydrogens is 261 g/mol. The van der Waals surface area contributed by atoms with E-state index in [1.807, 2.05) is 10.6 Å². The number of imidazole rings is 1. The summed E-state index contributed by atoms with van der Waals surface area (Å²) in [7, 11) is 0. The van der Waals surface area contributed by atoms with Gasteiger partial charge in [-0.05, 0) is 49.8 Å². The van der Waals surface area contributed by atoms with E-state index < -0.39 is 0 Å². The van der Waals surface area contributed by atoms with Gasteiger partial charge in [0.2, 0.25) is 0 Å². The van der Waals surface area contributed by atoms with Gasteiger partial charge in [-0.1, -0.05) is 13.0 Å². The lowest BCUT2D eigenvalue weighted by atomic mass is 10.1. The number of nitrogens with zero attached hydrogens (tertiary/aromatic N) is 2. The Bertz CT molecular complexity index is 646. The van der Waals surface area contributed by atoms with Crippen LogP contribution in [0, 0.1) is 16.5 Å². The predicted octanol–water partition coefficient (Wildman–Crippen LogP) is 3.18. The molecule has 2 aromatic rings. The van der Waals surface area contributed by atoms with Crippen LogP contribution in [0.15, 0.2) is 18.2 Å². The summed E-state index contributed by atoms with van der Waals surface area (Å²) >= 11 is 5.33. The summed E-state index contributed by atoms with van der Waals surface area (Å²) in [6.45, 7) is 6.43. The van der Waals surface area contributed by atoms with Crippen molar-refractivity contribution in [1.29, 1.82) is 0 Å². The van der Waals surface area contributed by atoms with E-state index in [1.54, 1.807) is 6.07 Å². The lowest BCUT2D eigenvalue weighted by Gasteiger charge is -2.14. The van der Waals surface area contributed by atoms with Crippen LogP contribution < -0.4 is 0 Å². The molecule has 0 spiro atoms. The fourth-order valence-electron chi connectivity index (χ4n) is 2.93. The molecule has 1 atom stereocenters. The highest BCUT2D eigenvalue weighted by atomic mass is 32.1. The van der Waals surface area contributed by atoms with E-state index in [9.17, 15) is 4.39 Å². The van der Waals surface area contributed by atoms with Crippen molar-refractivity contribution >= 4 is 23.3 Å². The first-order chi connectivity index (χ1) is 9.19. The van der Waals surface area contributed by atoms with Gasteiger partial charge >= 0.3 is 0 Å². The molecule has 1 saturated heterocycles. The molecule has 3 nitrogen and oxygen atoms in total. The van der Waals surface area contributed by atoms with Gasteiger partial charge in [0.15, 0.2) is 4.77 Å². The highest BCUT2D eigenvalue weighted by molar-refractivity contribution is 7.71. The van der Waals surface area contributed by atoms with Crippen molar-refractivity contribution in [2.24, 2.45) is 5.92 Å². The SMILES string of the molecule is CCN1CCC(Cn2c(=S)[nH]c3c(F)cccc32)C1. The number of H-pyrrole nitrogens is 1. The number of fused-ring (bicyclic) bond motifs is 1. The summed E-state index contributed by atoms with van der Waals surface area (Å²) in [6.07, 6.45) is 1.19. The first-order valence-corrected chi connectivity index (χ1v) is 7.19. The number of likely N-dealkylation sites (tertiary alicyclic amines) is 1. The first-order valence-electron chi connectivity index (χ1n) is 6.78. The Labute approximate surface area is 117 Å². The Balaban J connectivity index is 1.91. The highest BCUT2D eigenvalue weighted by Gasteiger charge is 2.22. The number of hydrogen-bond acceptors (Lipinski definition) is 2. The molecule has 0 amide bonds. The lowest BCUT2D eigenvalue weighted by molar-refractivity contribution is 0.333. The van der Waals surface area contributed by atoms with Gasteiger partial charge in [-0.25, -0.2) is 4.39 Å². The van der Waals surface area contributed by atoms with Crippen LogP contribution in [0.2, 0.25) is 0 Å². The quantitative estimate of drug-likeness (QED) is 0.873. The monoisotopic (exact) mass is 279 g/mol. The van der Waals surface area contributed by atoms with E-state index in [1.165, 1.54) is 12.5 Å². The van der Waals surface area contributed by atoms with Crippen LogP contribution >= 0.6 is 12.2 Å². The summed E-state index contributed by atoms with van der Waals surface area (Å²) in [5, 5.41) is 0. The van der Waals surface area contributed by atoms with Gasteiger partial charge in [-0.3, -0.25) is 0 Å². The molecule has 2 heterocycles. The molecule has 19 heavy (non-hydrogen) atoms. The Morgan fingerprint density at radius 1 is 1.47 bits per heavy atom. The number of halogens is 1. The molecule has 1 N–H and O–H groups in total. The predicted molar refractivity (Wildman–Crippen MR) is 77.3 cm³/mol. The lowest BCUT2D eigenvalue weighted by Crippen LogP contribution is -2.21. The van der Waals surface area contributed by atoms with E-state index in [0.29, 0.717) is 16.2 Å². The van der Waals surface area contributed by atoms with Gasteiger partial charge in [0.25, 0.3) is 0 Å². The zero-order chi connectivity index (χ0) is 13.4. The molecule has 0 aliphatic carbocycles. The number of aromatic amines is 1. The third kappa shape index (κ3) is 2.32. The maximum atomic E-state index is 13.7. The van der Waals surface area contributed by atoms with Gasteiger partial charge in [0.05, 0.1) is 5.52 Å². The summed E-state index contributed by atoms with van der Waals surface area (Å²) in [5.41, 5.74) is 1.40. The summed E-state index contributed by atoms with van der Waals surface area (Å²) in [4.78, 5) is 5.43. The summed E-state index contributed by atoms with van der Waals surface area (Å²) in [5.74, 6) is 0.373. The zero-order valence-electron chi connectivity index (χ0n) is 11.0. The van der Waals surface area contributed by atoms with Gasteiger partial charge in [0, 0.05) is 13.1 Å². The number of aromatic nitrogens is 2. The molecule has 3 rings (SSSR count). The number of benzene rings is 1. The van der Waals surface area contributed by atoms with Crippen molar-refractivity contribution in [3.63, 3.8) is 0 Å². The Hall–Kier alpha value is -1.20. The highest BCUT2D eigenvalue weighted by Crippen LogP contribution is 2.22. The minimum absolute atomic E-state index is 0.232. The van der Waals surface area contributed by atoms with Crippen LogP contribution in [0.1, 0.15) is 13.3 Å². The van der Waals surface area contributed by atoms with E-state index in [4.69, 9.17) is 12.2 Å².